The molecule has 1 aromatic carbocycles. The molecule has 0 bridgehead atoms. The quantitative estimate of drug-likeness (QED) is 0.813. The number of benzene rings is 1. The fourth-order valence-electron chi connectivity index (χ4n) is 2.06. The van der Waals surface area contributed by atoms with Crippen LogP contribution in [0.5, 0.6) is 0 Å². The third-order valence-electron chi connectivity index (χ3n) is 3.30. The molecule has 0 spiro atoms. The predicted octanol–water partition coefficient (Wildman–Crippen LogP) is 2.09. The predicted molar refractivity (Wildman–Crippen MR) is 63.8 cm³/mol. The molecule has 1 saturated carbocycles. The van der Waals surface area contributed by atoms with Gasteiger partial charge in [0, 0.05) is 18.6 Å². The summed E-state index contributed by atoms with van der Waals surface area (Å²) in [6.45, 7) is 2.82. The third kappa shape index (κ3) is 2.39. The summed E-state index contributed by atoms with van der Waals surface area (Å²) < 4.78 is 0. The summed E-state index contributed by atoms with van der Waals surface area (Å²) in [7, 11) is 2.19. The second kappa shape index (κ2) is 4.33. The van der Waals surface area contributed by atoms with Gasteiger partial charge in [0.2, 0.25) is 0 Å². The first kappa shape index (κ1) is 10.7. The molecule has 0 radical (unpaired) electrons. The van der Waals surface area contributed by atoms with E-state index in [0.717, 1.165) is 6.04 Å². The lowest BCUT2D eigenvalue weighted by Gasteiger charge is -2.27. The Balaban J connectivity index is 2.14. The van der Waals surface area contributed by atoms with Crippen LogP contribution in [0.4, 0.5) is 0 Å². The van der Waals surface area contributed by atoms with Crippen LogP contribution in [0.15, 0.2) is 24.3 Å². The molecule has 2 rings (SSSR count). The molecule has 1 unspecified atom stereocenters. The maximum atomic E-state index is 5.87. The van der Waals surface area contributed by atoms with E-state index < -0.39 is 0 Å². The van der Waals surface area contributed by atoms with E-state index in [1.165, 1.54) is 24.0 Å². The number of nitrogens with two attached hydrogens (primary N) is 1. The summed E-state index contributed by atoms with van der Waals surface area (Å²) in [5, 5.41) is 0. The highest BCUT2D eigenvalue weighted by Gasteiger charge is 2.30. The Morgan fingerprint density at radius 1 is 1.33 bits per heavy atom. The van der Waals surface area contributed by atoms with Crippen LogP contribution in [0.25, 0.3) is 0 Å². The molecule has 1 aromatic rings. The smallest absolute Gasteiger partial charge is 0.0470 e. The molecule has 1 atom stereocenters. The maximum absolute atomic E-state index is 5.87. The molecule has 1 fully saturated rings. The van der Waals surface area contributed by atoms with Gasteiger partial charge in [-0.1, -0.05) is 29.8 Å². The molecule has 0 aliphatic heterocycles. The first-order valence-corrected chi connectivity index (χ1v) is 5.71. The van der Waals surface area contributed by atoms with Crippen molar-refractivity contribution >= 4 is 0 Å². The van der Waals surface area contributed by atoms with Gasteiger partial charge in [0.1, 0.15) is 0 Å². The van der Waals surface area contributed by atoms with Crippen molar-refractivity contribution in [2.75, 3.05) is 13.6 Å². The van der Waals surface area contributed by atoms with E-state index in [2.05, 4.69) is 43.1 Å². The average Bonchev–Trinajstić information content (AvgIpc) is 3.05. The Morgan fingerprint density at radius 2 is 1.93 bits per heavy atom. The molecule has 82 valence electrons. The highest BCUT2D eigenvalue weighted by atomic mass is 15.2. The van der Waals surface area contributed by atoms with Crippen molar-refractivity contribution < 1.29 is 0 Å². The number of likely N-dealkylation sites (N-methyl/N-ethyl adjacent to an activating group) is 1. The number of hydrogen-bond acceptors (Lipinski definition) is 2. The van der Waals surface area contributed by atoms with Crippen molar-refractivity contribution in [3.05, 3.63) is 35.4 Å². The summed E-state index contributed by atoms with van der Waals surface area (Å²) in [5.41, 5.74) is 8.52. The Labute approximate surface area is 92.1 Å². The molecule has 0 aromatic heterocycles. The largest absolute Gasteiger partial charge is 0.329 e. The van der Waals surface area contributed by atoms with Crippen molar-refractivity contribution in [1.82, 2.24) is 4.90 Å². The highest BCUT2D eigenvalue weighted by Crippen LogP contribution is 2.32. The Kier molecular flexibility index (Phi) is 3.08. The average molecular weight is 204 g/mol. The number of aryl methyl sites for hydroxylation is 1. The molecule has 1 aliphatic carbocycles. The molecule has 2 N–H and O–H groups in total. The van der Waals surface area contributed by atoms with E-state index in [0.29, 0.717) is 12.6 Å². The molecule has 1 aliphatic rings. The first-order valence-electron chi connectivity index (χ1n) is 5.71. The van der Waals surface area contributed by atoms with Crippen LogP contribution in [-0.4, -0.2) is 24.5 Å². The second-order valence-electron chi connectivity index (χ2n) is 4.56. The summed E-state index contributed by atoms with van der Waals surface area (Å²) in [6, 6.07) is 9.88. The topological polar surface area (TPSA) is 29.3 Å². The summed E-state index contributed by atoms with van der Waals surface area (Å²) in [4.78, 5) is 2.42. The van der Waals surface area contributed by atoms with Crippen LogP contribution < -0.4 is 5.73 Å². The van der Waals surface area contributed by atoms with Gasteiger partial charge in [-0.05, 0) is 32.4 Å². The van der Waals surface area contributed by atoms with Gasteiger partial charge in [0.25, 0.3) is 0 Å². The minimum Gasteiger partial charge on any atom is -0.329 e. The van der Waals surface area contributed by atoms with Gasteiger partial charge < -0.3 is 5.73 Å². The van der Waals surface area contributed by atoms with Gasteiger partial charge in [-0.2, -0.15) is 0 Å². The molecule has 0 saturated heterocycles. The third-order valence-corrected chi connectivity index (χ3v) is 3.30. The number of rotatable bonds is 4. The van der Waals surface area contributed by atoms with Crippen LogP contribution in [0.2, 0.25) is 0 Å². The Bertz CT molecular complexity index is 314. The zero-order valence-corrected chi connectivity index (χ0v) is 9.61. The molecule has 0 amide bonds. The molecule has 15 heavy (non-hydrogen) atoms. The maximum Gasteiger partial charge on any atom is 0.0470 e. The molecule has 0 heterocycles. The lowest BCUT2D eigenvalue weighted by molar-refractivity contribution is 0.240. The summed E-state index contributed by atoms with van der Waals surface area (Å²) in [6.07, 6.45) is 2.66. The molecule has 2 heteroatoms. The Morgan fingerprint density at radius 3 is 2.40 bits per heavy atom. The minimum atomic E-state index is 0.387. The lowest BCUT2D eigenvalue weighted by Crippen LogP contribution is -2.32. The van der Waals surface area contributed by atoms with Crippen LogP contribution in [-0.2, 0) is 0 Å². The summed E-state index contributed by atoms with van der Waals surface area (Å²) in [5.74, 6) is 0. The van der Waals surface area contributed by atoms with Gasteiger partial charge >= 0.3 is 0 Å². The number of hydrogen-bond donors (Lipinski definition) is 1. The van der Waals surface area contributed by atoms with Crippen molar-refractivity contribution in [1.29, 1.82) is 0 Å². The van der Waals surface area contributed by atoms with E-state index in [-0.39, 0.29) is 0 Å². The van der Waals surface area contributed by atoms with E-state index in [4.69, 9.17) is 5.73 Å². The van der Waals surface area contributed by atoms with Crippen molar-refractivity contribution in [3.8, 4) is 0 Å². The van der Waals surface area contributed by atoms with Gasteiger partial charge in [-0.25, -0.2) is 0 Å². The Hall–Kier alpha value is -0.860. The minimum absolute atomic E-state index is 0.387. The van der Waals surface area contributed by atoms with Crippen molar-refractivity contribution in [2.24, 2.45) is 5.73 Å². The number of nitrogens with zero attached hydrogens (tertiary/aromatic N) is 1. The molecular formula is C13H20N2. The van der Waals surface area contributed by atoms with Gasteiger partial charge in [0.05, 0.1) is 0 Å². The van der Waals surface area contributed by atoms with E-state index >= 15 is 0 Å². The first-order chi connectivity index (χ1) is 7.22. The van der Waals surface area contributed by atoms with E-state index in [1.807, 2.05) is 0 Å². The molecular weight excluding hydrogens is 184 g/mol. The van der Waals surface area contributed by atoms with Crippen molar-refractivity contribution in [2.45, 2.75) is 31.8 Å². The zero-order chi connectivity index (χ0) is 10.8. The van der Waals surface area contributed by atoms with Crippen LogP contribution in [0.3, 0.4) is 0 Å². The fourth-order valence-corrected chi connectivity index (χ4v) is 2.06. The SMILES string of the molecule is Cc1ccc(C(CN)N(C)C2CC2)cc1. The van der Waals surface area contributed by atoms with E-state index in [1.54, 1.807) is 0 Å². The highest BCUT2D eigenvalue weighted by molar-refractivity contribution is 5.24. The van der Waals surface area contributed by atoms with Gasteiger partial charge in [0.15, 0.2) is 0 Å². The van der Waals surface area contributed by atoms with Crippen LogP contribution in [0.1, 0.15) is 30.0 Å². The van der Waals surface area contributed by atoms with Crippen LogP contribution in [0, 0.1) is 6.92 Å². The van der Waals surface area contributed by atoms with Crippen LogP contribution >= 0.6 is 0 Å². The van der Waals surface area contributed by atoms with E-state index in [9.17, 15) is 0 Å². The van der Waals surface area contributed by atoms with Crippen molar-refractivity contribution in [3.63, 3.8) is 0 Å². The fraction of sp³-hybridized carbons (Fsp3) is 0.538. The lowest BCUT2D eigenvalue weighted by atomic mass is 10.0. The standard InChI is InChI=1S/C13H20N2/c1-10-3-5-11(6-4-10)13(9-14)15(2)12-7-8-12/h3-6,12-13H,7-9,14H2,1-2H3. The normalized spacial score (nSPS) is 18.1. The second-order valence-corrected chi connectivity index (χ2v) is 4.56. The van der Waals surface area contributed by atoms with Gasteiger partial charge in [-0.3, -0.25) is 4.90 Å². The monoisotopic (exact) mass is 204 g/mol. The zero-order valence-electron chi connectivity index (χ0n) is 9.61. The molecule has 2 nitrogen and oxygen atoms in total. The summed E-state index contributed by atoms with van der Waals surface area (Å²) >= 11 is 0. The van der Waals surface area contributed by atoms with Gasteiger partial charge in [-0.15, -0.1) is 0 Å².